The lowest BCUT2D eigenvalue weighted by Gasteiger charge is -2.36. The maximum Gasteiger partial charge on any atom is 0.184 e. The summed E-state index contributed by atoms with van der Waals surface area (Å²) in [5.74, 6) is 1.42. The van der Waals surface area contributed by atoms with Crippen molar-refractivity contribution in [2.45, 2.75) is 38.3 Å². The number of nitrogens with zero attached hydrogens (tertiary/aromatic N) is 6. The minimum atomic E-state index is -0.893. The number of tetrazole rings is 1. The molecule has 0 aliphatic carbocycles. The van der Waals surface area contributed by atoms with Gasteiger partial charge in [-0.2, -0.15) is 0 Å². The van der Waals surface area contributed by atoms with E-state index in [9.17, 15) is 4.79 Å². The van der Waals surface area contributed by atoms with Crippen LogP contribution in [0.5, 0.6) is 0 Å². The second-order valence-corrected chi connectivity index (χ2v) is 12.3. The molecule has 0 N–H and O–H groups in total. The summed E-state index contributed by atoms with van der Waals surface area (Å²) in [6.07, 6.45) is 3.49. The monoisotopic (exact) mass is 662 g/mol. The number of hydrogen-bond donors (Lipinski definition) is 0. The molecule has 0 spiro atoms. The first kappa shape index (κ1) is 31.9. The third-order valence-corrected chi connectivity index (χ3v) is 9.35. The van der Waals surface area contributed by atoms with Gasteiger partial charge in [-0.3, -0.25) is 4.79 Å². The summed E-state index contributed by atoms with van der Waals surface area (Å²) in [4.78, 5) is 16.8. The number of aldehydes is 1. The molecule has 7 nitrogen and oxygen atoms in total. The molecule has 7 rings (SSSR count). The van der Waals surface area contributed by atoms with Gasteiger partial charge in [0, 0.05) is 12.0 Å². The Balaban J connectivity index is 1.44. The van der Waals surface area contributed by atoms with Crippen molar-refractivity contribution in [1.29, 1.82) is 0 Å². The highest BCUT2D eigenvalue weighted by atomic mass is 35.5. The van der Waals surface area contributed by atoms with Crippen LogP contribution in [0.25, 0.3) is 22.5 Å². The Morgan fingerprint density at radius 1 is 0.694 bits per heavy atom. The van der Waals surface area contributed by atoms with Crippen molar-refractivity contribution in [2.24, 2.45) is 0 Å². The first-order valence-corrected chi connectivity index (χ1v) is 16.9. The van der Waals surface area contributed by atoms with Crippen LogP contribution in [0.1, 0.15) is 58.3 Å². The van der Waals surface area contributed by atoms with E-state index >= 15 is 0 Å². The lowest BCUT2D eigenvalue weighted by molar-refractivity contribution is 0.111. The number of benzene rings is 5. The average molecular weight is 663 g/mol. The molecule has 5 aromatic carbocycles. The number of carbonyl (C=O) groups excluding carboxylic acids is 1. The molecule has 0 saturated heterocycles. The summed E-state index contributed by atoms with van der Waals surface area (Å²) in [7, 11) is 0. The Kier molecular flexibility index (Phi) is 9.26. The van der Waals surface area contributed by atoms with E-state index in [1.807, 2.05) is 51.7 Å². The Labute approximate surface area is 290 Å². The third-order valence-electron chi connectivity index (χ3n) is 9.07. The van der Waals surface area contributed by atoms with E-state index in [1.165, 1.54) is 0 Å². The van der Waals surface area contributed by atoms with Crippen LogP contribution < -0.4 is 0 Å². The lowest BCUT2D eigenvalue weighted by Crippen LogP contribution is -2.39. The van der Waals surface area contributed by atoms with Gasteiger partial charge >= 0.3 is 0 Å². The van der Waals surface area contributed by atoms with E-state index in [1.54, 1.807) is 0 Å². The second kappa shape index (κ2) is 14.2. The van der Waals surface area contributed by atoms with Gasteiger partial charge in [-0.15, -0.1) is 5.10 Å². The zero-order valence-electron chi connectivity index (χ0n) is 27.2. The fourth-order valence-corrected chi connectivity index (χ4v) is 7.03. The molecule has 242 valence electrons. The number of aromatic nitrogens is 6. The van der Waals surface area contributed by atoms with Crippen molar-refractivity contribution in [2.75, 3.05) is 0 Å². The summed E-state index contributed by atoms with van der Waals surface area (Å²) in [6.45, 7) is 2.57. The lowest BCUT2D eigenvalue weighted by atomic mass is 9.77. The molecule has 0 fully saturated rings. The van der Waals surface area contributed by atoms with Crippen molar-refractivity contribution in [3.63, 3.8) is 0 Å². The summed E-state index contributed by atoms with van der Waals surface area (Å²) in [6, 6.07) is 47.6. The van der Waals surface area contributed by atoms with Crippen LogP contribution in [0.15, 0.2) is 140 Å². The van der Waals surface area contributed by atoms with E-state index in [0.717, 1.165) is 70.3 Å². The van der Waals surface area contributed by atoms with Crippen molar-refractivity contribution in [3.05, 3.63) is 178 Å². The van der Waals surface area contributed by atoms with Gasteiger partial charge in [-0.1, -0.05) is 164 Å². The standard InChI is InChI=1S/C41H35ClN6O/c1-2-3-27-38-43-39(42)37(29-49)47(38)28-30-17-13-14-24-34(30)35-25-15-16-26-36(35)40-44-45-46-48(40)41(31-18-7-4-8-19-31,32-20-9-5-10-21-32)33-22-11-6-12-23-33/h4-26,29H,2-3,27-28H2,1H3. The van der Waals surface area contributed by atoms with Crippen molar-refractivity contribution < 1.29 is 4.79 Å². The minimum Gasteiger partial charge on any atom is -0.320 e. The highest BCUT2D eigenvalue weighted by Crippen LogP contribution is 2.43. The highest BCUT2D eigenvalue weighted by Gasteiger charge is 2.42. The van der Waals surface area contributed by atoms with Crippen LogP contribution in [-0.4, -0.2) is 36.0 Å². The molecule has 8 heteroatoms. The predicted octanol–water partition coefficient (Wildman–Crippen LogP) is 8.90. The van der Waals surface area contributed by atoms with Crippen LogP contribution in [0.3, 0.4) is 0 Å². The molecule has 0 amide bonds. The van der Waals surface area contributed by atoms with Crippen molar-refractivity contribution >= 4 is 17.9 Å². The van der Waals surface area contributed by atoms with Crippen LogP contribution in [0, 0.1) is 0 Å². The molecular weight excluding hydrogens is 628 g/mol. The molecule has 2 heterocycles. The SMILES string of the molecule is CCCCc1nc(Cl)c(C=O)n1Cc1ccccc1-c1ccccc1-c1nnnn1C(c1ccccc1)(c1ccccc1)c1ccccc1. The van der Waals surface area contributed by atoms with E-state index in [4.69, 9.17) is 21.9 Å². The molecule has 0 aliphatic heterocycles. The Morgan fingerprint density at radius 3 is 1.80 bits per heavy atom. The Bertz CT molecular complexity index is 2080. The number of imidazole rings is 1. The normalized spacial score (nSPS) is 11.5. The molecule has 0 atom stereocenters. The van der Waals surface area contributed by atoms with Gasteiger partial charge in [0.2, 0.25) is 0 Å². The molecule has 7 aromatic rings. The molecule has 49 heavy (non-hydrogen) atoms. The quantitative estimate of drug-likeness (QED) is 0.0964. The summed E-state index contributed by atoms with van der Waals surface area (Å²) in [5.41, 5.74) is 6.42. The molecular formula is C41H35ClN6O. The maximum atomic E-state index is 12.2. The van der Waals surface area contributed by atoms with Crippen molar-refractivity contribution in [1.82, 2.24) is 29.8 Å². The molecule has 2 aromatic heterocycles. The van der Waals surface area contributed by atoms with E-state index < -0.39 is 5.54 Å². The van der Waals surface area contributed by atoms with Gasteiger partial charge in [-0.25, -0.2) is 9.67 Å². The Morgan fingerprint density at radius 2 is 1.22 bits per heavy atom. The van der Waals surface area contributed by atoms with Gasteiger partial charge in [0.15, 0.2) is 17.3 Å². The number of halogens is 1. The van der Waals surface area contributed by atoms with Gasteiger partial charge in [0.25, 0.3) is 0 Å². The van der Waals surface area contributed by atoms with Crippen LogP contribution in [0.4, 0.5) is 0 Å². The highest BCUT2D eigenvalue weighted by molar-refractivity contribution is 6.31. The fourth-order valence-electron chi connectivity index (χ4n) is 6.79. The largest absolute Gasteiger partial charge is 0.320 e. The number of unbranched alkanes of at least 4 members (excludes halogenated alkanes) is 1. The van der Waals surface area contributed by atoms with Gasteiger partial charge in [-0.05, 0) is 50.2 Å². The zero-order valence-corrected chi connectivity index (χ0v) is 27.9. The molecule has 0 aliphatic rings. The molecule has 0 radical (unpaired) electrons. The second-order valence-electron chi connectivity index (χ2n) is 11.9. The molecule has 0 saturated carbocycles. The first-order chi connectivity index (χ1) is 24.2. The van der Waals surface area contributed by atoms with Crippen LogP contribution in [-0.2, 0) is 18.5 Å². The summed E-state index contributed by atoms with van der Waals surface area (Å²) >= 11 is 6.47. The van der Waals surface area contributed by atoms with Gasteiger partial charge in [0.1, 0.15) is 17.1 Å². The Hall–Kier alpha value is -5.66. The summed E-state index contributed by atoms with van der Waals surface area (Å²) in [5, 5.41) is 14.1. The molecule has 0 bridgehead atoms. The van der Waals surface area contributed by atoms with Crippen LogP contribution in [0.2, 0.25) is 5.15 Å². The number of rotatable bonds is 12. The third kappa shape index (κ3) is 5.87. The van der Waals surface area contributed by atoms with E-state index in [0.29, 0.717) is 18.1 Å². The van der Waals surface area contributed by atoms with Crippen molar-refractivity contribution in [3.8, 4) is 22.5 Å². The van der Waals surface area contributed by atoms with E-state index in [2.05, 4.69) is 114 Å². The molecule has 0 unspecified atom stereocenters. The van der Waals surface area contributed by atoms with Crippen LogP contribution >= 0.6 is 11.6 Å². The zero-order chi connectivity index (χ0) is 33.6. The topological polar surface area (TPSA) is 78.5 Å². The van der Waals surface area contributed by atoms with E-state index in [-0.39, 0.29) is 5.15 Å². The number of carbonyl (C=O) groups is 1. The van der Waals surface area contributed by atoms with Gasteiger partial charge < -0.3 is 4.57 Å². The number of aryl methyl sites for hydroxylation is 1. The maximum absolute atomic E-state index is 12.2. The predicted molar refractivity (Wildman–Crippen MR) is 194 cm³/mol. The summed E-state index contributed by atoms with van der Waals surface area (Å²) < 4.78 is 3.90. The fraction of sp³-hybridized carbons (Fsp3) is 0.146. The smallest absolute Gasteiger partial charge is 0.184 e. The average Bonchev–Trinajstić information content (AvgIpc) is 3.76. The first-order valence-electron chi connectivity index (χ1n) is 16.5. The minimum absolute atomic E-state index is 0.234. The number of hydrogen-bond acceptors (Lipinski definition) is 5. The van der Waals surface area contributed by atoms with Gasteiger partial charge in [0.05, 0.1) is 6.54 Å².